The Morgan fingerprint density at radius 1 is 1.35 bits per heavy atom. The lowest BCUT2D eigenvalue weighted by Gasteiger charge is -2.33. The van der Waals surface area contributed by atoms with Crippen LogP contribution in [0.2, 0.25) is 0 Å². The fourth-order valence-corrected chi connectivity index (χ4v) is 2.94. The number of hydrogen-bond donors (Lipinski definition) is 3. The first kappa shape index (κ1) is 14.6. The summed E-state index contributed by atoms with van der Waals surface area (Å²) in [6.45, 7) is 1.13. The first-order valence-electron chi connectivity index (χ1n) is 6.25. The zero-order valence-electron chi connectivity index (χ0n) is 11.0. The van der Waals surface area contributed by atoms with Crippen molar-refractivity contribution in [3.05, 3.63) is 18.2 Å². The summed E-state index contributed by atoms with van der Waals surface area (Å²) in [6.07, 6.45) is 1.53. The molecule has 1 aliphatic rings. The van der Waals surface area contributed by atoms with Crippen molar-refractivity contribution in [1.82, 2.24) is 0 Å². The number of anilines is 2. The van der Waals surface area contributed by atoms with Crippen LogP contribution >= 0.6 is 0 Å². The molecule has 20 heavy (non-hydrogen) atoms. The van der Waals surface area contributed by atoms with Crippen LogP contribution in [-0.2, 0) is 14.8 Å². The molecule has 6 N–H and O–H groups in total. The summed E-state index contributed by atoms with van der Waals surface area (Å²) in [7, 11) is -3.78. The monoisotopic (exact) mass is 298 g/mol. The predicted molar refractivity (Wildman–Crippen MR) is 76.4 cm³/mol. The van der Waals surface area contributed by atoms with Crippen LogP contribution < -0.4 is 21.5 Å². The number of piperidine rings is 1. The van der Waals surface area contributed by atoms with E-state index < -0.39 is 10.0 Å². The van der Waals surface area contributed by atoms with Gasteiger partial charge in [-0.2, -0.15) is 0 Å². The summed E-state index contributed by atoms with van der Waals surface area (Å²) in [5.41, 5.74) is 12.2. The topological polar surface area (TPSA) is 133 Å². The van der Waals surface area contributed by atoms with E-state index in [-0.39, 0.29) is 16.7 Å². The molecule has 1 aromatic carbocycles. The van der Waals surface area contributed by atoms with E-state index in [1.165, 1.54) is 18.2 Å². The van der Waals surface area contributed by atoms with Crippen LogP contribution in [0.4, 0.5) is 11.4 Å². The zero-order chi connectivity index (χ0) is 14.9. The maximum atomic E-state index is 11.4. The second-order valence-corrected chi connectivity index (χ2v) is 6.51. The lowest BCUT2D eigenvalue weighted by molar-refractivity contribution is -0.122. The molecule has 1 atom stereocenters. The van der Waals surface area contributed by atoms with Gasteiger partial charge in [0.05, 0.1) is 22.2 Å². The van der Waals surface area contributed by atoms with Crippen molar-refractivity contribution >= 4 is 27.3 Å². The van der Waals surface area contributed by atoms with Gasteiger partial charge in [0, 0.05) is 13.1 Å². The highest BCUT2D eigenvalue weighted by atomic mass is 32.2. The Bertz CT molecular complexity index is 630. The summed E-state index contributed by atoms with van der Waals surface area (Å²) >= 11 is 0. The molecule has 0 radical (unpaired) electrons. The third kappa shape index (κ3) is 3.02. The number of hydrogen-bond acceptors (Lipinski definition) is 5. The van der Waals surface area contributed by atoms with Crippen LogP contribution in [0.15, 0.2) is 23.1 Å². The number of amides is 1. The molecule has 110 valence electrons. The Labute approximate surface area is 117 Å². The summed E-state index contributed by atoms with van der Waals surface area (Å²) in [5.74, 6) is -0.600. The Kier molecular flexibility index (Phi) is 3.87. The predicted octanol–water partition coefficient (Wildman–Crippen LogP) is -0.382. The van der Waals surface area contributed by atoms with E-state index in [9.17, 15) is 13.2 Å². The van der Waals surface area contributed by atoms with E-state index in [0.29, 0.717) is 24.5 Å². The molecule has 2 rings (SSSR count). The Balaban J connectivity index is 2.34. The normalized spacial score (nSPS) is 19.9. The SMILES string of the molecule is NC(=O)C1CCCN(c2cc(S(N)(=O)=O)ccc2N)C1. The molecule has 1 saturated heterocycles. The van der Waals surface area contributed by atoms with Gasteiger partial charge in [0.2, 0.25) is 15.9 Å². The minimum Gasteiger partial charge on any atom is -0.397 e. The van der Waals surface area contributed by atoms with Gasteiger partial charge in [-0.25, -0.2) is 13.6 Å². The number of nitrogen functional groups attached to an aromatic ring is 1. The number of primary sulfonamides is 1. The molecule has 0 aromatic heterocycles. The minimum absolute atomic E-state index is 0.00268. The number of carbonyl (C=O) groups is 1. The van der Waals surface area contributed by atoms with Gasteiger partial charge < -0.3 is 16.4 Å². The van der Waals surface area contributed by atoms with Crippen molar-refractivity contribution in [2.24, 2.45) is 16.8 Å². The molecule has 0 aliphatic carbocycles. The smallest absolute Gasteiger partial charge is 0.238 e. The molecule has 1 aromatic rings. The molecule has 0 saturated carbocycles. The van der Waals surface area contributed by atoms with Gasteiger partial charge in [-0.3, -0.25) is 4.79 Å². The molecule has 7 nitrogen and oxygen atoms in total. The number of carbonyl (C=O) groups excluding carboxylic acids is 1. The lowest BCUT2D eigenvalue weighted by atomic mass is 9.97. The Morgan fingerprint density at radius 2 is 2.05 bits per heavy atom. The van der Waals surface area contributed by atoms with Crippen LogP contribution in [0.5, 0.6) is 0 Å². The third-order valence-electron chi connectivity index (χ3n) is 3.49. The number of nitrogens with two attached hydrogens (primary N) is 3. The van der Waals surface area contributed by atoms with Crippen molar-refractivity contribution < 1.29 is 13.2 Å². The van der Waals surface area contributed by atoms with Gasteiger partial charge in [0.15, 0.2) is 0 Å². The van der Waals surface area contributed by atoms with E-state index in [2.05, 4.69) is 0 Å². The summed E-state index contributed by atoms with van der Waals surface area (Å²) in [5, 5.41) is 5.12. The van der Waals surface area contributed by atoms with E-state index in [0.717, 1.165) is 12.8 Å². The van der Waals surface area contributed by atoms with Crippen molar-refractivity contribution in [2.75, 3.05) is 23.7 Å². The fraction of sp³-hybridized carbons (Fsp3) is 0.417. The van der Waals surface area contributed by atoms with Gasteiger partial charge in [-0.1, -0.05) is 0 Å². The van der Waals surface area contributed by atoms with E-state index in [1.54, 1.807) is 0 Å². The second-order valence-electron chi connectivity index (χ2n) is 4.95. The van der Waals surface area contributed by atoms with Gasteiger partial charge >= 0.3 is 0 Å². The number of sulfonamides is 1. The second kappa shape index (κ2) is 5.29. The summed E-state index contributed by atoms with van der Waals surface area (Å²) in [6, 6.07) is 4.31. The quantitative estimate of drug-likeness (QED) is 0.654. The van der Waals surface area contributed by atoms with Crippen LogP contribution in [0.3, 0.4) is 0 Å². The van der Waals surface area contributed by atoms with Crippen molar-refractivity contribution in [3.8, 4) is 0 Å². The molecule has 0 spiro atoms. The van der Waals surface area contributed by atoms with E-state index >= 15 is 0 Å². The maximum absolute atomic E-state index is 11.4. The Morgan fingerprint density at radius 3 is 2.65 bits per heavy atom. The minimum atomic E-state index is -3.78. The fourth-order valence-electron chi connectivity index (χ4n) is 2.40. The molecular formula is C12H18N4O3S. The molecular weight excluding hydrogens is 280 g/mol. The molecule has 1 aliphatic heterocycles. The van der Waals surface area contributed by atoms with Crippen molar-refractivity contribution in [1.29, 1.82) is 0 Å². The standard InChI is InChI=1S/C12H18N4O3S/c13-10-4-3-9(20(15,18)19)6-11(10)16-5-1-2-8(7-16)12(14)17/h3-4,6,8H,1-2,5,7,13H2,(H2,14,17)(H2,15,18,19). The number of primary amides is 1. The highest BCUT2D eigenvalue weighted by molar-refractivity contribution is 7.89. The number of benzene rings is 1. The van der Waals surface area contributed by atoms with E-state index in [4.69, 9.17) is 16.6 Å². The Hall–Kier alpha value is -1.80. The summed E-state index contributed by atoms with van der Waals surface area (Å²) < 4.78 is 22.8. The molecule has 8 heteroatoms. The van der Waals surface area contributed by atoms with Gasteiger partial charge in [-0.05, 0) is 31.0 Å². The third-order valence-corrected chi connectivity index (χ3v) is 4.41. The molecule has 1 unspecified atom stereocenters. The first-order chi connectivity index (χ1) is 9.29. The summed E-state index contributed by atoms with van der Waals surface area (Å²) in [4.78, 5) is 13.2. The van der Waals surface area contributed by atoms with Gasteiger partial charge in [0.25, 0.3) is 0 Å². The van der Waals surface area contributed by atoms with Gasteiger partial charge in [0.1, 0.15) is 0 Å². The lowest BCUT2D eigenvalue weighted by Crippen LogP contribution is -2.41. The van der Waals surface area contributed by atoms with Crippen molar-refractivity contribution in [2.45, 2.75) is 17.7 Å². The zero-order valence-corrected chi connectivity index (χ0v) is 11.8. The average Bonchev–Trinajstić information content (AvgIpc) is 2.38. The van der Waals surface area contributed by atoms with Crippen LogP contribution in [0.1, 0.15) is 12.8 Å². The van der Waals surface area contributed by atoms with Gasteiger partial charge in [-0.15, -0.1) is 0 Å². The molecule has 1 heterocycles. The van der Waals surface area contributed by atoms with E-state index in [1.807, 2.05) is 4.90 Å². The highest BCUT2D eigenvalue weighted by Gasteiger charge is 2.25. The van der Waals surface area contributed by atoms with Crippen LogP contribution in [0, 0.1) is 5.92 Å². The molecule has 0 bridgehead atoms. The van der Waals surface area contributed by atoms with Crippen molar-refractivity contribution in [3.63, 3.8) is 0 Å². The van der Waals surface area contributed by atoms with Crippen LogP contribution in [0.25, 0.3) is 0 Å². The number of rotatable bonds is 3. The molecule has 1 fully saturated rings. The largest absolute Gasteiger partial charge is 0.397 e. The first-order valence-corrected chi connectivity index (χ1v) is 7.80. The average molecular weight is 298 g/mol. The van der Waals surface area contributed by atoms with Crippen LogP contribution in [-0.4, -0.2) is 27.4 Å². The maximum Gasteiger partial charge on any atom is 0.238 e. The number of nitrogens with zero attached hydrogens (tertiary/aromatic N) is 1. The highest BCUT2D eigenvalue weighted by Crippen LogP contribution is 2.30. The molecule has 1 amide bonds.